The van der Waals surface area contributed by atoms with Crippen LogP contribution in [-0.2, 0) is 0 Å². The van der Waals surface area contributed by atoms with Crippen LogP contribution in [0.4, 0.5) is 13.2 Å². The Kier molecular flexibility index (Phi) is 5.63. The zero-order chi connectivity index (χ0) is 9.71. The lowest BCUT2D eigenvalue weighted by atomic mass is 9.92. The van der Waals surface area contributed by atoms with E-state index in [0.29, 0.717) is 0 Å². The summed E-state index contributed by atoms with van der Waals surface area (Å²) in [5.41, 5.74) is -0.641. The van der Waals surface area contributed by atoms with E-state index in [1.54, 1.807) is 20.8 Å². The Labute approximate surface area is 66.8 Å². The Bertz CT molecular complexity index is 74.5. The molecule has 0 aliphatic heterocycles. The summed E-state index contributed by atoms with van der Waals surface area (Å²) in [6.07, 6.45) is -4.72. The van der Waals surface area contributed by atoms with Crippen molar-refractivity contribution in [1.82, 2.24) is 0 Å². The van der Waals surface area contributed by atoms with Crippen LogP contribution in [0.3, 0.4) is 0 Å². The van der Waals surface area contributed by atoms with Gasteiger partial charge in [-0.15, -0.1) is 0 Å². The lowest BCUT2D eigenvalue weighted by molar-refractivity contribution is -0.152. The normalized spacial score (nSPS) is 12.0. The van der Waals surface area contributed by atoms with Crippen LogP contribution in [0.25, 0.3) is 0 Å². The van der Waals surface area contributed by atoms with Crippen LogP contribution < -0.4 is 0 Å². The van der Waals surface area contributed by atoms with Gasteiger partial charge >= 0.3 is 6.18 Å². The molecule has 0 aromatic carbocycles. The molecule has 0 unspecified atom stereocenters. The van der Waals surface area contributed by atoms with Crippen LogP contribution >= 0.6 is 0 Å². The number of halogens is 3. The molecule has 0 bridgehead atoms. The molecule has 0 aromatic heterocycles. The van der Waals surface area contributed by atoms with E-state index in [1.165, 1.54) is 0 Å². The van der Waals surface area contributed by atoms with Gasteiger partial charge in [0, 0.05) is 6.42 Å². The number of hydrogen-bond donors (Lipinski definition) is 0. The third-order valence-electron chi connectivity index (χ3n) is 0.731. The number of rotatable bonds is 0. The van der Waals surface area contributed by atoms with E-state index in [1.807, 2.05) is 13.8 Å². The largest absolute Gasteiger partial charge is 0.389 e. The third kappa shape index (κ3) is 17.7. The molecule has 0 rings (SSSR count). The van der Waals surface area contributed by atoms with Crippen molar-refractivity contribution >= 4 is 0 Å². The van der Waals surface area contributed by atoms with Crippen LogP contribution in [-0.4, -0.2) is 6.18 Å². The Balaban J connectivity index is 0. The fraction of sp³-hybridized carbons (Fsp3) is 1.00. The highest BCUT2D eigenvalue weighted by molar-refractivity contribution is 4.66. The topological polar surface area (TPSA) is 0 Å². The van der Waals surface area contributed by atoms with Gasteiger partial charge in [-0.3, -0.25) is 0 Å². The number of hydrogen-bond acceptors (Lipinski definition) is 0. The first kappa shape index (κ1) is 13.4. The maximum absolute atomic E-state index is 11.6. The van der Waals surface area contributed by atoms with Gasteiger partial charge in [0.2, 0.25) is 0 Å². The molecule has 0 radical (unpaired) electrons. The van der Waals surface area contributed by atoms with Crippen LogP contribution in [0.5, 0.6) is 0 Å². The number of alkyl halides is 3. The first-order valence-corrected chi connectivity index (χ1v) is 3.77. The van der Waals surface area contributed by atoms with Gasteiger partial charge in [0.05, 0.1) is 0 Å². The lowest BCUT2D eigenvalue weighted by Crippen LogP contribution is -2.18. The van der Waals surface area contributed by atoms with Crippen molar-refractivity contribution < 1.29 is 13.2 Å². The van der Waals surface area contributed by atoms with E-state index >= 15 is 0 Å². The molecule has 0 fully saturated rings. The molecule has 70 valence electrons. The van der Waals surface area contributed by atoms with Crippen LogP contribution in [0.2, 0.25) is 0 Å². The van der Waals surface area contributed by atoms with Crippen molar-refractivity contribution in [1.29, 1.82) is 0 Å². The molecule has 0 aromatic rings. The van der Waals surface area contributed by atoms with Gasteiger partial charge in [0.1, 0.15) is 0 Å². The molecule has 0 atom stereocenters. The SMILES string of the molecule is CC.CC(C)(C)CC(F)(F)F. The van der Waals surface area contributed by atoms with Crippen molar-refractivity contribution in [2.75, 3.05) is 0 Å². The summed E-state index contributed by atoms with van der Waals surface area (Å²) in [7, 11) is 0. The second-order valence-corrected chi connectivity index (χ2v) is 3.35. The second kappa shape index (κ2) is 4.62. The first-order valence-electron chi connectivity index (χ1n) is 3.77. The molecule has 11 heavy (non-hydrogen) atoms. The smallest absolute Gasteiger partial charge is 0.171 e. The van der Waals surface area contributed by atoms with Gasteiger partial charge in [0.25, 0.3) is 0 Å². The van der Waals surface area contributed by atoms with Gasteiger partial charge in [-0.05, 0) is 5.41 Å². The Morgan fingerprint density at radius 1 is 0.909 bits per heavy atom. The van der Waals surface area contributed by atoms with Crippen LogP contribution in [0, 0.1) is 5.41 Å². The zero-order valence-corrected chi connectivity index (χ0v) is 7.84. The summed E-state index contributed by atoms with van der Waals surface area (Å²) in [5, 5.41) is 0. The first-order chi connectivity index (χ1) is 4.71. The van der Waals surface area contributed by atoms with E-state index in [-0.39, 0.29) is 0 Å². The van der Waals surface area contributed by atoms with Crippen molar-refractivity contribution in [2.45, 2.75) is 47.2 Å². The highest BCUT2D eigenvalue weighted by Gasteiger charge is 2.33. The Morgan fingerprint density at radius 2 is 1.18 bits per heavy atom. The Morgan fingerprint density at radius 3 is 1.18 bits per heavy atom. The van der Waals surface area contributed by atoms with Crippen molar-refractivity contribution in [3.05, 3.63) is 0 Å². The molecule has 0 saturated heterocycles. The average molecular weight is 170 g/mol. The van der Waals surface area contributed by atoms with Gasteiger partial charge in [-0.2, -0.15) is 13.2 Å². The molecule has 0 aliphatic carbocycles. The van der Waals surface area contributed by atoms with Crippen molar-refractivity contribution in [3.63, 3.8) is 0 Å². The summed E-state index contributed by atoms with van der Waals surface area (Å²) in [4.78, 5) is 0. The van der Waals surface area contributed by atoms with Gasteiger partial charge in [-0.1, -0.05) is 34.6 Å². The minimum Gasteiger partial charge on any atom is -0.171 e. The highest BCUT2D eigenvalue weighted by Crippen LogP contribution is 2.31. The zero-order valence-electron chi connectivity index (χ0n) is 7.84. The highest BCUT2D eigenvalue weighted by atomic mass is 19.4. The minimum atomic E-state index is -4.02. The van der Waals surface area contributed by atoms with Crippen molar-refractivity contribution in [2.24, 2.45) is 5.41 Å². The van der Waals surface area contributed by atoms with E-state index in [9.17, 15) is 13.2 Å². The summed E-state index contributed by atoms with van der Waals surface area (Å²) < 4.78 is 34.7. The third-order valence-corrected chi connectivity index (χ3v) is 0.731. The Hall–Kier alpha value is -0.210. The maximum Gasteiger partial charge on any atom is 0.389 e. The molecule has 0 heterocycles. The van der Waals surface area contributed by atoms with E-state index in [4.69, 9.17) is 0 Å². The second-order valence-electron chi connectivity index (χ2n) is 3.35. The molecule has 3 heteroatoms. The van der Waals surface area contributed by atoms with E-state index < -0.39 is 18.0 Å². The molecule has 0 amide bonds. The lowest BCUT2D eigenvalue weighted by Gasteiger charge is -2.19. The average Bonchev–Trinajstić information content (AvgIpc) is 1.60. The molecule has 0 spiro atoms. The molecular weight excluding hydrogens is 153 g/mol. The standard InChI is InChI=1S/C6H11F3.C2H6/c1-5(2,3)4-6(7,8)9;1-2/h4H2,1-3H3;1-2H3. The van der Waals surface area contributed by atoms with Crippen LogP contribution in [0.15, 0.2) is 0 Å². The van der Waals surface area contributed by atoms with Crippen LogP contribution in [0.1, 0.15) is 41.0 Å². The monoisotopic (exact) mass is 170 g/mol. The molecule has 0 nitrogen and oxygen atoms in total. The molecule has 0 saturated carbocycles. The van der Waals surface area contributed by atoms with Gasteiger partial charge in [0.15, 0.2) is 0 Å². The predicted octanol–water partition coefficient (Wildman–Crippen LogP) is 4.01. The van der Waals surface area contributed by atoms with E-state index in [2.05, 4.69) is 0 Å². The maximum atomic E-state index is 11.6. The van der Waals surface area contributed by atoms with Gasteiger partial charge < -0.3 is 0 Å². The summed E-state index contributed by atoms with van der Waals surface area (Å²) >= 11 is 0. The van der Waals surface area contributed by atoms with Gasteiger partial charge in [-0.25, -0.2) is 0 Å². The molecular formula is C8H17F3. The van der Waals surface area contributed by atoms with E-state index in [0.717, 1.165) is 0 Å². The van der Waals surface area contributed by atoms with Crippen molar-refractivity contribution in [3.8, 4) is 0 Å². The summed E-state index contributed by atoms with van der Waals surface area (Å²) in [6, 6.07) is 0. The fourth-order valence-corrected chi connectivity index (χ4v) is 0.601. The molecule has 0 aliphatic rings. The predicted molar refractivity (Wildman–Crippen MR) is 41.5 cm³/mol. The fourth-order valence-electron chi connectivity index (χ4n) is 0.601. The summed E-state index contributed by atoms with van der Waals surface area (Å²) in [6.45, 7) is 8.71. The summed E-state index contributed by atoms with van der Waals surface area (Å²) in [5.74, 6) is 0. The minimum absolute atomic E-state index is 0.641. The quantitative estimate of drug-likeness (QED) is 0.515. The molecule has 0 N–H and O–H groups in total.